The van der Waals surface area contributed by atoms with Crippen LogP contribution >= 0.6 is 15.9 Å². The SMILES string of the molecule is CC(C)(O)c1cc(Br)c2c(c1)CCC2. The second-order valence-corrected chi connectivity index (χ2v) is 5.36. The van der Waals surface area contributed by atoms with Gasteiger partial charge in [-0.15, -0.1) is 0 Å². The van der Waals surface area contributed by atoms with Crippen molar-refractivity contribution in [3.05, 3.63) is 33.3 Å². The highest BCUT2D eigenvalue weighted by Crippen LogP contribution is 2.33. The standard InChI is InChI=1S/C12H15BrO/c1-12(2,14)9-6-8-4-3-5-10(8)11(13)7-9/h6-7,14H,3-5H2,1-2H3. The van der Waals surface area contributed by atoms with Crippen molar-refractivity contribution in [1.82, 2.24) is 0 Å². The van der Waals surface area contributed by atoms with Gasteiger partial charge < -0.3 is 5.11 Å². The average Bonchev–Trinajstić information content (AvgIpc) is 2.50. The van der Waals surface area contributed by atoms with Crippen molar-refractivity contribution in [2.45, 2.75) is 38.7 Å². The van der Waals surface area contributed by atoms with Crippen LogP contribution in [0.25, 0.3) is 0 Å². The molecule has 0 unspecified atom stereocenters. The van der Waals surface area contributed by atoms with E-state index in [1.807, 2.05) is 19.9 Å². The summed E-state index contributed by atoms with van der Waals surface area (Å²) in [5.41, 5.74) is 3.10. The molecule has 1 aliphatic rings. The second kappa shape index (κ2) is 3.35. The topological polar surface area (TPSA) is 20.2 Å². The summed E-state index contributed by atoms with van der Waals surface area (Å²) in [5, 5.41) is 9.92. The molecule has 1 nitrogen and oxygen atoms in total. The van der Waals surface area contributed by atoms with Gasteiger partial charge in [0.1, 0.15) is 0 Å². The van der Waals surface area contributed by atoms with Crippen LogP contribution < -0.4 is 0 Å². The van der Waals surface area contributed by atoms with Gasteiger partial charge >= 0.3 is 0 Å². The molecule has 0 spiro atoms. The van der Waals surface area contributed by atoms with Crippen molar-refractivity contribution >= 4 is 15.9 Å². The van der Waals surface area contributed by atoms with Gasteiger partial charge in [-0.05, 0) is 55.9 Å². The maximum absolute atomic E-state index is 9.92. The minimum atomic E-state index is -0.736. The molecule has 0 radical (unpaired) electrons. The van der Waals surface area contributed by atoms with Crippen LogP contribution in [0.3, 0.4) is 0 Å². The first kappa shape index (κ1) is 10.2. The van der Waals surface area contributed by atoms with Crippen LogP contribution in [0.1, 0.15) is 37.0 Å². The molecule has 0 fully saturated rings. The molecular formula is C12H15BrO. The maximum Gasteiger partial charge on any atom is 0.0841 e. The van der Waals surface area contributed by atoms with Crippen LogP contribution in [0.5, 0.6) is 0 Å². The minimum absolute atomic E-state index is 0.736. The zero-order chi connectivity index (χ0) is 10.3. The van der Waals surface area contributed by atoms with Crippen molar-refractivity contribution in [2.24, 2.45) is 0 Å². The number of benzene rings is 1. The lowest BCUT2D eigenvalue weighted by Gasteiger charge is -2.19. The number of hydrogen-bond donors (Lipinski definition) is 1. The van der Waals surface area contributed by atoms with E-state index in [0.717, 1.165) is 16.5 Å². The van der Waals surface area contributed by atoms with E-state index in [9.17, 15) is 5.11 Å². The fourth-order valence-electron chi connectivity index (χ4n) is 2.01. The molecule has 1 aliphatic carbocycles. The number of rotatable bonds is 1. The predicted octanol–water partition coefficient (Wildman–Crippen LogP) is 3.17. The zero-order valence-corrected chi connectivity index (χ0v) is 10.2. The van der Waals surface area contributed by atoms with Crippen LogP contribution in [0.4, 0.5) is 0 Å². The van der Waals surface area contributed by atoms with E-state index in [1.165, 1.54) is 24.0 Å². The van der Waals surface area contributed by atoms with Crippen molar-refractivity contribution in [3.63, 3.8) is 0 Å². The second-order valence-electron chi connectivity index (χ2n) is 4.51. The highest BCUT2D eigenvalue weighted by atomic mass is 79.9. The molecule has 0 atom stereocenters. The average molecular weight is 255 g/mol. The van der Waals surface area contributed by atoms with E-state index in [4.69, 9.17) is 0 Å². The van der Waals surface area contributed by atoms with E-state index in [0.29, 0.717) is 0 Å². The molecule has 2 rings (SSSR count). The van der Waals surface area contributed by atoms with E-state index in [2.05, 4.69) is 22.0 Å². The molecule has 1 aromatic carbocycles. The summed E-state index contributed by atoms with van der Waals surface area (Å²) < 4.78 is 1.16. The first-order valence-electron chi connectivity index (χ1n) is 5.02. The van der Waals surface area contributed by atoms with Gasteiger partial charge in [0.15, 0.2) is 0 Å². The Bertz CT molecular complexity index is 363. The highest BCUT2D eigenvalue weighted by Gasteiger charge is 2.21. The molecule has 0 bridgehead atoms. The van der Waals surface area contributed by atoms with Gasteiger partial charge in [-0.1, -0.05) is 22.0 Å². The molecule has 14 heavy (non-hydrogen) atoms. The third kappa shape index (κ3) is 1.73. The summed E-state index contributed by atoms with van der Waals surface area (Å²) in [6.07, 6.45) is 3.56. The van der Waals surface area contributed by atoms with Crippen molar-refractivity contribution in [3.8, 4) is 0 Å². The number of aliphatic hydroxyl groups is 1. The summed E-state index contributed by atoms with van der Waals surface area (Å²) >= 11 is 3.58. The maximum atomic E-state index is 9.92. The molecule has 2 heteroatoms. The fourth-order valence-corrected chi connectivity index (χ4v) is 2.70. The summed E-state index contributed by atoms with van der Waals surface area (Å²) in [5.74, 6) is 0. The normalized spacial score (nSPS) is 15.7. The predicted molar refractivity (Wildman–Crippen MR) is 61.4 cm³/mol. The van der Waals surface area contributed by atoms with Gasteiger partial charge in [-0.2, -0.15) is 0 Å². The molecule has 76 valence electrons. The minimum Gasteiger partial charge on any atom is -0.386 e. The molecule has 0 amide bonds. The Morgan fingerprint density at radius 1 is 1.29 bits per heavy atom. The number of hydrogen-bond acceptors (Lipinski definition) is 1. The van der Waals surface area contributed by atoms with Gasteiger partial charge in [0.05, 0.1) is 5.60 Å². The summed E-state index contributed by atoms with van der Waals surface area (Å²) in [7, 11) is 0. The lowest BCUT2D eigenvalue weighted by atomic mass is 9.95. The van der Waals surface area contributed by atoms with Gasteiger partial charge in [0.25, 0.3) is 0 Å². The van der Waals surface area contributed by atoms with Crippen LogP contribution in [0.15, 0.2) is 16.6 Å². The third-order valence-corrected chi connectivity index (χ3v) is 3.57. The Labute approximate surface area is 93.3 Å². The van der Waals surface area contributed by atoms with E-state index < -0.39 is 5.60 Å². The summed E-state index contributed by atoms with van der Waals surface area (Å²) in [4.78, 5) is 0. The Morgan fingerprint density at radius 2 is 2.00 bits per heavy atom. The summed E-state index contributed by atoms with van der Waals surface area (Å²) in [6.45, 7) is 3.66. The molecule has 1 aromatic rings. The smallest absolute Gasteiger partial charge is 0.0841 e. The summed E-state index contributed by atoms with van der Waals surface area (Å²) in [6, 6.07) is 4.19. The number of aryl methyl sites for hydroxylation is 1. The molecule has 0 aliphatic heterocycles. The molecule has 0 aromatic heterocycles. The van der Waals surface area contributed by atoms with Gasteiger partial charge in [0.2, 0.25) is 0 Å². The first-order chi connectivity index (χ1) is 6.48. The molecular weight excluding hydrogens is 240 g/mol. The van der Waals surface area contributed by atoms with E-state index in [-0.39, 0.29) is 0 Å². The monoisotopic (exact) mass is 254 g/mol. The Hall–Kier alpha value is -0.340. The van der Waals surface area contributed by atoms with E-state index in [1.54, 1.807) is 0 Å². The lowest BCUT2D eigenvalue weighted by molar-refractivity contribution is 0.0784. The van der Waals surface area contributed by atoms with Crippen LogP contribution in [-0.4, -0.2) is 5.11 Å². The molecule has 1 N–H and O–H groups in total. The lowest BCUT2D eigenvalue weighted by Crippen LogP contribution is -2.15. The fraction of sp³-hybridized carbons (Fsp3) is 0.500. The highest BCUT2D eigenvalue weighted by molar-refractivity contribution is 9.10. The molecule has 0 heterocycles. The van der Waals surface area contributed by atoms with Crippen molar-refractivity contribution in [1.29, 1.82) is 0 Å². The Kier molecular flexibility index (Phi) is 2.44. The van der Waals surface area contributed by atoms with Crippen LogP contribution in [-0.2, 0) is 18.4 Å². The quantitative estimate of drug-likeness (QED) is 0.817. The number of fused-ring (bicyclic) bond motifs is 1. The Balaban J connectivity index is 2.52. The zero-order valence-electron chi connectivity index (χ0n) is 8.60. The van der Waals surface area contributed by atoms with Crippen molar-refractivity contribution in [2.75, 3.05) is 0 Å². The largest absolute Gasteiger partial charge is 0.386 e. The van der Waals surface area contributed by atoms with Gasteiger partial charge in [-0.25, -0.2) is 0 Å². The Morgan fingerprint density at radius 3 is 2.64 bits per heavy atom. The van der Waals surface area contributed by atoms with Gasteiger partial charge in [0, 0.05) is 4.47 Å². The van der Waals surface area contributed by atoms with E-state index >= 15 is 0 Å². The molecule has 0 saturated heterocycles. The first-order valence-corrected chi connectivity index (χ1v) is 5.82. The van der Waals surface area contributed by atoms with Gasteiger partial charge in [-0.3, -0.25) is 0 Å². The third-order valence-electron chi connectivity index (χ3n) is 2.87. The van der Waals surface area contributed by atoms with Crippen LogP contribution in [0.2, 0.25) is 0 Å². The molecule has 0 saturated carbocycles. The number of halogens is 1. The van der Waals surface area contributed by atoms with Crippen molar-refractivity contribution < 1.29 is 5.11 Å². The van der Waals surface area contributed by atoms with Crippen LogP contribution in [0, 0.1) is 0 Å².